The van der Waals surface area contributed by atoms with Crippen LogP contribution in [0, 0.1) is 0 Å². The van der Waals surface area contributed by atoms with Gasteiger partial charge in [-0.15, -0.1) is 11.3 Å². The molecule has 0 bridgehead atoms. The van der Waals surface area contributed by atoms with Crippen LogP contribution in [0.5, 0.6) is 0 Å². The summed E-state index contributed by atoms with van der Waals surface area (Å²) in [7, 11) is 0. The third kappa shape index (κ3) is 2.23. The third-order valence-corrected chi connectivity index (χ3v) is 8.69. The summed E-state index contributed by atoms with van der Waals surface area (Å²) in [6, 6.07) is 36.7. The van der Waals surface area contributed by atoms with E-state index in [0.717, 1.165) is 22.2 Å². The number of thiophene rings is 1. The van der Waals surface area contributed by atoms with E-state index in [1.54, 1.807) is 0 Å². The van der Waals surface area contributed by atoms with E-state index < -0.39 is 0 Å². The zero-order valence-electron chi connectivity index (χ0n) is 19.1. The van der Waals surface area contributed by atoms with Crippen LogP contribution < -0.4 is 0 Å². The van der Waals surface area contributed by atoms with Crippen molar-refractivity contribution < 1.29 is 0 Å². The molecule has 0 saturated heterocycles. The highest BCUT2D eigenvalue weighted by Gasteiger charge is 2.24. The van der Waals surface area contributed by atoms with Crippen LogP contribution in [0.1, 0.15) is 0 Å². The molecule has 4 heteroatoms. The van der Waals surface area contributed by atoms with E-state index in [1.165, 1.54) is 58.5 Å². The predicted octanol–water partition coefficient (Wildman–Crippen LogP) is 8.81. The normalized spacial score (nSPS) is 12.4. The van der Waals surface area contributed by atoms with E-state index in [1.807, 2.05) is 29.5 Å². The lowest BCUT2D eigenvalue weighted by molar-refractivity contribution is 1.28. The molecule has 0 amide bonds. The maximum Gasteiger partial charge on any atom is 0.165 e. The minimum Gasteiger partial charge on any atom is -0.291 e. The van der Waals surface area contributed by atoms with Crippen molar-refractivity contribution in [3.63, 3.8) is 0 Å². The molecule has 0 saturated carbocycles. The van der Waals surface area contributed by atoms with Crippen molar-refractivity contribution in [3.8, 4) is 11.1 Å². The lowest BCUT2D eigenvalue weighted by Gasteiger charge is -2.03. The fourth-order valence-electron chi connectivity index (χ4n) is 6.02. The molecule has 0 radical (unpaired) electrons. The summed E-state index contributed by atoms with van der Waals surface area (Å²) in [5.74, 6) is 0. The van der Waals surface area contributed by atoms with E-state index in [0.29, 0.717) is 0 Å². The van der Waals surface area contributed by atoms with Gasteiger partial charge in [-0.1, -0.05) is 78.9 Å². The topological polar surface area (TPSA) is 30.2 Å². The number of rotatable bonds is 1. The Balaban J connectivity index is 1.56. The minimum absolute atomic E-state index is 0.926. The number of hydrogen-bond acceptors (Lipinski definition) is 3. The molecule has 5 aromatic carbocycles. The molecule has 0 aliphatic carbocycles. The quantitative estimate of drug-likeness (QED) is 0.237. The van der Waals surface area contributed by atoms with Crippen LogP contribution in [0.3, 0.4) is 0 Å². The molecule has 0 atom stereocenters. The molecule has 0 fully saturated rings. The van der Waals surface area contributed by atoms with Gasteiger partial charge < -0.3 is 0 Å². The highest BCUT2D eigenvalue weighted by molar-refractivity contribution is 7.26. The predicted molar refractivity (Wildman–Crippen MR) is 153 cm³/mol. The Hall–Kier alpha value is -4.54. The average Bonchev–Trinajstić information content (AvgIpc) is 3.58. The largest absolute Gasteiger partial charge is 0.291 e. The molecular weight excluding hydrogens is 458 g/mol. The molecule has 9 aromatic rings. The zero-order chi connectivity index (χ0) is 23.4. The molecule has 0 unspecified atom stereocenters. The Labute approximate surface area is 209 Å². The standard InChI is InChI=1S/C32H17N3S/c1-2-9-18(10-3-1)19-12-8-13-21-27-26(36-31(19)21)17-22-29-32(34-24-15-6-5-14-23(24)33-29)35-25-16-7-4-11-20(25)28(27)30(22)35/h1-17H. The van der Waals surface area contributed by atoms with Crippen molar-refractivity contribution in [2.75, 3.05) is 0 Å². The summed E-state index contributed by atoms with van der Waals surface area (Å²) in [4.78, 5) is 10.2. The highest BCUT2D eigenvalue weighted by atomic mass is 32.1. The van der Waals surface area contributed by atoms with Crippen molar-refractivity contribution >= 4 is 80.9 Å². The summed E-state index contributed by atoms with van der Waals surface area (Å²) >= 11 is 1.88. The highest BCUT2D eigenvalue weighted by Crippen LogP contribution is 2.48. The van der Waals surface area contributed by atoms with Gasteiger partial charge in [-0.25, -0.2) is 9.97 Å². The Morgan fingerprint density at radius 3 is 2.25 bits per heavy atom. The molecule has 166 valence electrons. The Bertz CT molecular complexity index is 2310. The molecule has 0 aliphatic rings. The number of benzene rings is 5. The van der Waals surface area contributed by atoms with E-state index >= 15 is 0 Å². The first-order valence-corrected chi connectivity index (χ1v) is 12.9. The van der Waals surface area contributed by atoms with Crippen LogP contribution in [-0.2, 0) is 0 Å². The van der Waals surface area contributed by atoms with Crippen molar-refractivity contribution in [2.45, 2.75) is 0 Å². The molecule has 9 rings (SSSR count). The lowest BCUT2D eigenvalue weighted by Crippen LogP contribution is -1.88. The second kappa shape index (κ2) is 6.56. The minimum atomic E-state index is 0.926. The van der Waals surface area contributed by atoms with Gasteiger partial charge in [-0.3, -0.25) is 4.40 Å². The Morgan fingerprint density at radius 2 is 1.36 bits per heavy atom. The zero-order valence-corrected chi connectivity index (χ0v) is 19.9. The summed E-state index contributed by atoms with van der Waals surface area (Å²) in [6.45, 7) is 0. The summed E-state index contributed by atoms with van der Waals surface area (Å²) in [5.41, 5.74) is 8.71. The van der Waals surface area contributed by atoms with E-state index in [9.17, 15) is 0 Å². The average molecular weight is 476 g/mol. The van der Waals surface area contributed by atoms with Gasteiger partial charge in [0.25, 0.3) is 0 Å². The van der Waals surface area contributed by atoms with Gasteiger partial charge in [0.2, 0.25) is 0 Å². The Morgan fingerprint density at radius 1 is 0.611 bits per heavy atom. The summed E-state index contributed by atoms with van der Waals surface area (Å²) in [5, 5.41) is 6.39. The van der Waals surface area contributed by atoms with Crippen LogP contribution in [0.15, 0.2) is 103 Å². The number of fused-ring (bicyclic) bond motifs is 11. The van der Waals surface area contributed by atoms with Gasteiger partial charge in [0.05, 0.1) is 22.1 Å². The van der Waals surface area contributed by atoms with Crippen molar-refractivity contribution in [1.29, 1.82) is 0 Å². The van der Waals surface area contributed by atoms with Gasteiger partial charge in [-0.05, 0) is 35.4 Å². The molecule has 3 nitrogen and oxygen atoms in total. The van der Waals surface area contributed by atoms with Gasteiger partial charge >= 0.3 is 0 Å². The fourth-order valence-corrected chi connectivity index (χ4v) is 7.30. The van der Waals surface area contributed by atoms with Crippen molar-refractivity contribution in [3.05, 3.63) is 103 Å². The van der Waals surface area contributed by atoms with Gasteiger partial charge in [-0.2, -0.15) is 0 Å². The van der Waals surface area contributed by atoms with E-state index in [4.69, 9.17) is 9.97 Å². The summed E-state index contributed by atoms with van der Waals surface area (Å²) < 4.78 is 4.96. The first kappa shape index (κ1) is 18.7. The SMILES string of the molecule is c1ccc(-c2cccc3c2sc2cc4c5nc6ccccc6nc5n5c6ccccc6c(c23)c45)cc1. The smallest absolute Gasteiger partial charge is 0.165 e. The first-order valence-electron chi connectivity index (χ1n) is 12.1. The van der Waals surface area contributed by atoms with Crippen LogP contribution in [-0.4, -0.2) is 14.4 Å². The fraction of sp³-hybridized carbons (Fsp3) is 0. The summed E-state index contributed by atoms with van der Waals surface area (Å²) in [6.07, 6.45) is 0. The van der Waals surface area contributed by atoms with Gasteiger partial charge in [0, 0.05) is 36.3 Å². The molecule has 0 N–H and O–H groups in total. The van der Waals surface area contributed by atoms with Crippen LogP contribution >= 0.6 is 11.3 Å². The molecule has 4 heterocycles. The first-order chi connectivity index (χ1) is 17.9. The second-order valence-corrected chi connectivity index (χ2v) is 10.5. The monoisotopic (exact) mass is 475 g/mol. The molecule has 0 aliphatic heterocycles. The molecule has 4 aromatic heterocycles. The Kier molecular flexibility index (Phi) is 3.42. The van der Waals surface area contributed by atoms with Crippen LogP contribution in [0.4, 0.5) is 0 Å². The van der Waals surface area contributed by atoms with Crippen molar-refractivity contribution in [1.82, 2.24) is 14.4 Å². The van der Waals surface area contributed by atoms with Crippen molar-refractivity contribution in [2.24, 2.45) is 0 Å². The lowest BCUT2D eigenvalue weighted by atomic mass is 10.00. The second-order valence-electron chi connectivity index (χ2n) is 9.41. The maximum atomic E-state index is 5.12. The van der Waals surface area contributed by atoms with Gasteiger partial charge in [0.15, 0.2) is 5.65 Å². The van der Waals surface area contributed by atoms with E-state index in [2.05, 4.69) is 89.3 Å². The third-order valence-electron chi connectivity index (χ3n) is 7.50. The number of para-hydroxylation sites is 3. The molecule has 36 heavy (non-hydrogen) atoms. The van der Waals surface area contributed by atoms with E-state index in [-0.39, 0.29) is 0 Å². The number of aromatic nitrogens is 3. The number of hydrogen-bond donors (Lipinski definition) is 0. The maximum absolute atomic E-state index is 5.12. The number of nitrogens with zero attached hydrogens (tertiary/aromatic N) is 3. The molecular formula is C32H17N3S. The molecule has 0 spiro atoms. The van der Waals surface area contributed by atoms with Crippen LogP contribution in [0.25, 0.3) is 80.7 Å². The van der Waals surface area contributed by atoms with Gasteiger partial charge in [0.1, 0.15) is 5.52 Å². The van der Waals surface area contributed by atoms with Crippen LogP contribution in [0.2, 0.25) is 0 Å².